The number of ether oxygens (including phenoxy) is 1. The van der Waals surface area contributed by atoms with Crippen molar-refractivity contribution < 1.29 is 14.3 Å². The standard InChI is InChI=1S/C21H22ClN3O4/c1-12-15(13(2)25-21(28)17(12)10-23)8-9-20(27)29-11-19(26)24-14(3)16-6-4-5-7-18(16)22/h4-7,14H,8-9,11H2,1-3H3,(H,24,26)(H,25,28)/t14-/m1/s1. The topological polar surface area (TPSA) is 112 Å². The number of aromatic amines is 1. The molecule has 0 aliphatic heterocycles. The van der Waals surface area contributed by atoms with Crippen LogP contribution in [0.5, 0.6) is 0 Å². The molecule has 29 heavy (non-hydrogen) atoms. The van der Waals surface area contributed by atoms with E-state index in [-0.39, 0.29) is 18.0 Å². The molecule has 1 aromatic heterocycles. The van der Waals surface area contributed by atoms with Gasteiger partial charge in [-0.3, -0.25) is 14.4 Å². The Hall–Kier alpha value is -3.11. The molecule has 2 N–H and O–H groups in total. The van der Waals surface area contributed by atoms with Crippen LogP contribution in [0.3, 0.4) is 0 Å². The number of aromatic nitrogens is 1. The van der Waals surface area contributed by atoms with Crippen LogP contribution < -0.4 is 10.9 Å². The molecule has 0 aliphatic rings. The third kappa shape index (κ3) is 5.69. The number of carbonyl (C=O) groups is 2. The van der Waals surface area contributed by atoms with Crippen molar-refractivity contribution in [3.05, 3.63) is 67.6 Å². The van der Waals surface area contributed by atoms with Crippen LogP contribution in [0.2, 0.25) is 5.02 Å². The summed E-state index contributed by atoms with van der Waals surface area (Å²) in [5.74, 6) is -0.983. The Balaban J connectivity index is 1.88. The molecule has 0 saturated carbocycles. The number of esters is 1. The van der Waals surface area contributed by atoms with Gasteiger partial charge in [0.15, 0.2) is 6.61 Å². The van der Waals surface area contributed by atoms with Crippen molar-refractivity contribution in [2.75, 3.05) is 6.61 Å². The van der Waals surface area contributed by atoms with Gasteiger partial charge < -0.3 is 15.0 Å². The summed E-state index contributed by atoms with van der Waals surface area (Å²) in [4.78, 5) is 38.4. The molecular weight excluding hydrogens is 394 g/mol. The minimum absolute atomic E-state index is 0.0198. The maximum Gasteiger partial charge on any atom is 0.306 e. The van der Waals surface area contributed by atoms with Gasteiger partial charge in [-0.2, -0.15) is 5.26 Å². The van der Waals surface area contributed by atoms with E-state index in [1.807, 2.05) is 18.2 Å². The molecule has 152 valence electrons. The van der Waals surface area contributed by atoms with E-state index in [1.165, 1.54) is 0 Å². The first-order valence-electron chi connectivity index (χ1n) is 9.06. The van der Waals surface area contributed by atoms with Crippen LogP contribution in [0.4, 0.5) is 0 Å². The van der Waals surface area contributed by atoms with E-state index in [0.29, 0.717) is 22.7 Å². The predicted molar refractivity (Wildman–Crippen MR) is 109 cm³/mol. The molecule has 8 heteroatoms. The van der Waals surface area contributed by atoms with Crippen molar-refractivity contribution in [1.29, 1.82) is 5.26 Å². The molecular formula is C21H22ClN3O4. The third-order valence-corrected chi connectivity index (χ3v) is 4.96. The van der Waals surface area contributed by atoms with Gasteiger partial charge in [0.25, 0.3) is 11.5 Å². The van der Waals surface area contributed by atoms with Crippen LogP contribution in [0.1, 0.15) is 47.3 Å². The minimum Gasteiger partial charge on any atom is -0.456 e. The van der Waals surface area contributed by atoms with E-state index in [4.69, 9.17) is 21.6 Å². The zero-order chi connectivity index (χ0) is 21.6. The average molecular weight is 416 g/mol. The van der Waals surface area contributed by atoms with Gasteiger partial charge in [-0.25, -0.2) is 0 Å². The molecule has 0 unspecified atom stereocenters. The monoisotopic (exact) mass is 415 g/mol. The Labute approximate surface area is 173 Å². The number of nitrogens with zero attached hydrogens (tertiary/aromatic N) is 1. The molecule has 2 rings (SSSR count). The second-order valence-corrected chi connectivity index (χ2v) is 7.05. The van der Waals surface area contributed by atoms with Gasteiger partial charge in [-0.05, 0) is 49.9 Å². The number of benzene rings is 1. The molecule has 0 bridgehead atoms. The zero-order valence-electron chi connectivity index (χ0n) is 16.5. The smallest absolute Gasteiger partial charge is 0.306 e. The minimum atomic E-state index is -0.547. The molecule has 1 aromatic carbocycles. The number of aryl methyl sites for hydroxylation is 1. The van der Waals surface area contributed by atoms with Crippen molar-refractivity contribution in [3.63, 3.8) is 0 Å². The number of halogens is 1. The van der Waals surface area contributed by atoms with Crippen molar-refractivity contribution >= 4 is 23.5 Å². The van der Waals surface area contributed by atoms with Crippen molar-refractivity contribution in [2.45, 2.75) is 39.7 Å². The summed E-state index contributed by atoms with van der Waals surface area (Å²) >= 11 is 6.11. The van der Waals surface area contributed by atoms with Crippen LogP contribution in [-0.2, 0) is 20.7 Å². The Bertz CT molecular complexity index is 1020. The molecule has 0 aliphatic carbocycles. The van der Waals surface area contributed by atoms with Gasteiger partial charge in [0, 0.05) is 17.1 Å². The van der Waals surface area contributed by atoms with Gasteiger partial charge in [-0.15, -0.1) is 0 Å². The summed E-state index contributed by atoms with van der Waals surface area (Å²) in [6, 6.07) is 8.71. The van der Waals surface area contributed by atoms with E-state index in [1.54, 1.807) is 32.9 Å². The SMILES string of the molecule is Cc1[nH]c(=O)c(C#N)c(C)c1CCC(=O)OCC(=O)N[C@H](C)c1ccccc1Cl. The molecule has 1 atom stereocenters. The van der Waals surface area contributed by atoms with Gasteiger partial charge >= 0.3 is 5.97 Å². The Morgan fingerprint density at radius 1 is 1.31 bits per heavy atom. The highest BCUT2D eigenvalue weighted by molar-refractivity contribution is 6.31. The molecule has 0 fully saturated rings. The lowest BCUT2D eigenvalue weighted by Gasteiger charge is -2.15. The molecule has 1 amide bonds. The predicted octanol–water partition coefficient (Wildman–Crippen LogP) is 2.87. The largest absolute Gasteiger partial charge is 0.456 e. The number of carbonyl (C=O) groups excluding carboxylic acids is 2. The van der Waals surface area contributed by atoms with E-state index in [0.717, 1.165) is 11.1 Å². The molecule has 0 spiro atoms. The number of H-pyrrole nitrogens is 1. The Morgan fingerprint density at radius 2 is 2.00 bits per heavy atom. The first-order valence-corrected chi connectivity index (χ1v) is 9.44. The van der Waals surface area contributed by atoms with Crippen LogP contribution >= 0.6 is 11.6 Å². The van der Waals surface area contributed by atoms with Crippen molar-refractivity contribution in [2.24, 2.45) is 0 Å². The number of amides is 1. The van der Waals surface area contributed by atoms with E-state index in [2.05, 4.69) is 10.3 Å². The van der Waals surface area contributed by atoms with E-state index in [9.17, 15) is 14.4 Å². The number of nitrogens with one attached hydrogen (secondary N) is 2. The number of hydrogen-bond donors (Lipinski definition) is 2. The van der Waals surface area contributed by atoms with Crippen molar-refractivity contribution in [1.82, 2.24) is 10.3 Å². The normalized spacial score (nSPS) is 11.4. The highest BCUT2D eigenvalue weighted by atomic mass is 35.5. The first-order chi connectivity index (χ1) is 13.7. The van der Waals surface area contributed by atoms with E-state index < -0.39 is 24.0 Å². The van der Waals surface area contributed by atoms with Crippen molar-refractivity contribution in [3.8, 4) is 6.07 Å². The highest BCUT2D eigenvalue weighted by Crippen LogP contribution is 2.22. The Morgan fingerprint density at radius 3 is 2.66 bits per heavy atom. The van der Waals surface area contributed by atoms with Crippen LogP contribution in [-0.4, -0.2) is 23.5 Å². The fourth-order valence-corrected chi connectivity index (χ4v) is 3.35. The second kappa shape index (κ2) is 9.89. The fraction of sp³-hybridized carbons (Fsp3) is 0.333. The Kier molecular flexibility index (Phi) is 7.57. The quantitative estimate of drug-likeness (QED) is 0.675. The fourth-order valence-electron chi connectivity index (χ4n) is 3.05. The number of hydrogen-bond acceptors (Lipinski definition) is 5. The lowest BCUT2D eigenvalue weighted by molar-refractivity contribution is -0.148. The number of rotatable bonds is 7. The van der Waals surface area contributed by atoms with E-state index >= 15 is 0 Å². The molecule has 0 radical (unpaired) electrons. The van der Waals surface area contributed by atoms with Crippen LogP contribution in [0.15, 0.2) is 29.1 Å². The van der Waals surface area contributed by atoms with Gasteiger partial charge in [-0.1, -0.05) is 29.8 Å². The van der Waals surface area contributed by atoms with Crippen LogP contribution in [0.25, 0.3) is 0 Å². The lowest BCUT2D eigenvalue weighted by Crippen LogP contribution is -2.31. The maximum atomic E-state index is 12.0. The maximum absolute atomic E-state index is 12.0. The number of nitriles is 1. The summed E-state index contributed by atoms with van der Waals surface area (Å²) in [5.41, 5.74) is 2.23. The summed E-state index contributed by atoms with van der Waals surface area (Å²) in [6.45, 7) is 4.76. The summed E-state index contributed by atoms with van der Waals surface area (Å²) in [7, 11) is 0. The second-order valence-electron chi connectivity index (χ2n) is 6.64. The molecule has 7 nitrogen and oxygen atoms in total. The van der Waals surface area contributed by atoms with Gasteiger partial charge in [0.05, 0.1) is 6.04 Å². The summed E-state index contributed by atoms with van der Waals surface area (Å²) in [6.07, 6.45) is 0.311. The molecule has 0 saturated heterocycles. The molecule has 2 aromatic rings. The summed E-state index contributed by atoms with van der Waals surface area (Å²) < 4.78 is 5.03. The zero-order valence-corrected chi connectivity index (χ0v) is 17.2. The molecule has 1 heterocycles. The van der Waals surface area contributed by atoms with Gasteiger partial charge in [0.1, 0.15) is 11.6 Å². The van der Waals surface area contributed by atoms with Gasteiger partial charge in [0.2, 0.25) is 0 Å². The van der Waals surface area contributed by atoms with Crippen LogP contribution in [0, 0.1) is 25.2 Å². The third-order valence-electron chi connectivity index (χ3n) is 4.61. The highest BCUT2D eigenvalue weighted by Gasteiger charge is 2.16. The lowest BCUT2D eigenvalue weighted by atomic mass is 9.99. The summed E-state index contributed by atoms with van der Waals surface area (Å²) in [5, 5.41) is 12.4. The number of pyridine rings is 1. The first kappa shape index (κ1) is 22.2. The average Bonchev–Trinajstić information content (AvgIpc) is 2.66.